The molecule has 0 aliphatic heterocycles. The van der Waals surface area contributed by atoms with Crippen LogP contribution in [0.15, 0.2) is 22.7 Å². The van der Waals surface area contributed by atoms with Crippen LogP contribution in [0, 0.1) is 13.8 Å². The monoisotopic (exact) mass is 345 g/mol. The first-order chi connectivity index (χ1) is 9.47. The Bertz CT molecular complexity index is 582. The van der Waals surface area contributed by atoms with E-state index in [1.807, 2.05) is 13.8 Å². The van der Waals surface area contributed by atoms with E-state index >= 15 is 0 Å². The molecule has 0 bridgehead atoms. The molecular weight excluding hydrogens is 332 g/mol. The molecule has 4 nitrogen and oxygen atoms in total. The molecular formula is C13H14BrF2N3O. The highest BCUT2D eigenvalue weighted by Gasteiger charge is 2.12. The Balaban J connectivity index is 2.18. The summed E-state index contributed by atoms with van der Waals surface area (Å²) < 4.78 is 30.1. The van der Waals surface area contributed by atoms with Crippen molar-refractivity contribution in [2.75, 3.05) is 5.32 Å². The van der Waals surface area contributed by atoms with Crippen LogP contribution in [0.2, 0.25) is 0 Å². The average Bonchev–Trinajstić information content (AvgIpc) is 2.69. The molecule has 2 aromatic rings. The first-order valence-corrected chi connectivity index (χ1v) is 6.75. The van der Waals surface area contributed by atoms with Crippen molar-refractivity contribution >= 4 is 21.6 Å². The van der Waals surface area contributed by atoms with Crippen LogP contribution in [-0.2, 0) is 6.54 Å². The van der Waals surface area contributed by atoms with Crippen LogP contribution in [-0.4, -0.2) is 16.8 Å². The number of hydrogen-bond acceptors (Lipinski definition) is 3. The highest BCUT2D eigenvalue weighted by Crippen LogP contribution is 2.26. The molecule has 0 aliphatic rings. The summed E-state index contributed by atoms with van der Waals surface area (Å²) >= 11 is 3.32. The van der Waals surface area contributed by atoms with Crippen LogP contribution < -0.4 is 10.1 Å². The molecule has 0 saturated heterocycles. The molecule has 0 saturated carbocycles. The fourth-order valence-electron chi connectivity index (χ4n) is 1.89. The highest BCUT2D eigenvalue weighted by atomic mass is 79.9. The van der Waals surface area contributed by atoms with Crippen molar-refractivity contribution in [3.8, 4) is 5.75 Å². The van der Waals surface area contributed by atoms with E-state index in [0.717, 1.165) is 21.5 Å². The molecule has 0 amide bonds. The largest absolute Gasteiger partial charge is 0.434 e. The molecule has 0 unspecified atom stereocenters. The Kier molecular flexibility index (Phi) is 4.59. The van der Waals surface area contributed by atoms with Gasteiger partial charge in [0.05, 0.1) is 17.1 Å². The van der Waals surface area contributed by atoms with E-state index in [0.29, 0.717) is 12.1 Å². The number of halogens is 3. The van der Waals surface area contributed by atoms with Crippen molar-refractivity contribution in [2.24, 2.45) is 0 Å². The lowest BCUT2D eigenvalue weighted by atomic mass is 10.2. The van der Waals surface area contributed by atoms with Crippen molar-refractivity contribution in [3.63, 3.8) is 0 Å². The predicted molar refractivity (Wildman–Crippen MR) is 76.2 cm³/mol. The Morgan fingerprint density at radius 3 is 2.75 bits per heavy atom. The molecule has 0 spiro atoms. The second kappa shape index (κ2) is 6.21. The first-order valence-electron chi connectivity index (χ1n) is 5.96. The van der Waals surface area contributed by atoms with Crippen molar-refractivity contribution in [1.29, 1.82) is 0 Å². The molecule has 2 rings (SSSR count). The van der Waals surface area contributed by atoms with Crippen LogP contribution in [0.4, 0.5) is 14.5 Å². The number of nitrogens with one attached hydrogen (secondary N) is 2. The minimum Gasteiger partial charge on any atom is -0.434 e. The summed E-state index contributed by atoms with van der Waals surface area (Å²) in [6.07, 6.45) is 0. The SMILES string of the molecule is Cc1n[nH]c(C)c1NCc1cc(Br)ccc1OC(F)F. The minimum absolute atomic E-state index is 0.162. The van der Waals surface area contributed by atoms with Gasteiger partial charge in [0.2, 0.25) is 0 Å². The van der Waals surface area contributed by atoms with Crippen LogP contribution >= 0.6 is 15.9 Å². The summed E-state index contributed by atoms with van der Waals surface area (Å²) in [5.41, 5.74) is 3.23. The van der Waals surface area contributed by atoms with Gasteiger partial charge in [0.1, 0.15) is 5.75 Å². The number of nitrogens with zero attached hydrogens (tertiary/aromatic N) is 1. The van der Waals surface area contributed by atoms with Gasteiger partial charge in [-0.05, 0) is 32.0 Å². The number of aryl methyl sites for hydroxylation is 2. The van der Waals surface area contributed by atoms with Gasteiger partial charge in [-0.15, -0.1) is 0 Å². The standard InChI is InChI=1S/C13H14BrF2N3O/c1-7-12(8(2)19-18-7)17-6-9-5-10(14)3-4-11(9)20-13(15)16/h3-5,13,17H,6H2,1-2H3,(H,18,19). The van der Waals surface area contributed by atoms with Gasteiger partial charge >= 0.3 is 6.61 Å². The van der Waals surface area contributed by atoms with E-state index in [4.69, 9.17) is 0 Å². The molecule has 1 heterocycles. The van der Waals surface area contributed by atoms with Gasteiger partial charge < -0.3 is 10.1 Å². The number of aromatic nitrogens is 2. The fraction of sp³-hybridized carbons (Fsp3) is 0.308. The van der Waals surface area contributed by atoms with E-state index in [2.05, 4.69) is 36.2 Å². The summed E-state index contributed by atoms with van der Waals surface area (Å²) in [5.74, 6) is 0.162. The Hall–Kier alpha value is -1.63. The van der Waals surface area contributed by atoms with Crippen LogP contribution in [0.5, 0.6) is 5.75 Å². The summed E-state index contributed by atoms with van der Waals surface area (Å²) in [7, 11) is 0. The van der Waals surface area contributed by atoms with Gasteiger partial charge in [-0.25, -0.2) is 0 Å². The summed E-state index contributed by atoms with van der Waals surface area (Å²) in [6, 6.07) is 4.92. The second-order valence-corrected chi connectivity index (χ2v) is 5.21. The smallest absolute Gasteiger partial charge is 0.387 e. The number of hydrogen-bond donors (Lipinski definition) is 2. The minimum atomic E-state index is -2.84. The number of aromatic amines is 1. The second-order valence-electron chi connectivity index (χ2n) is 4.29. The number of ether oxygens (including phenoxy) is 1. The maximum absolute atomic E-state index is 12.4. The number of H-pyrrole nitrogens is 1. The molecule has 20 heavy (non-hydrogen) atoms. The van der Waals surface area contributed by atoms with Crippen molar-refractivity contribution < 1.29 is 13.5 Å². The zero-order chi connectivity index (χ0) is 14.7. The zero-order valence-electron chi connectivity index (χ0n) is 11.0. The molecule has 108 valence electrons. The fourth-order valence-corrected chi connectivity index (χ4v) is 2.30. The van der Waals surface area contributed by atoms with Crippen molar-refractivity contribution in [3.05, 3.63) is 39.6 Å². The number of anilines is 1. The Morgan fingerprint density at radius 1 is 1.40 bits per heavy atom. The van der Waals surface area contributed by atoms with E-state index in [-0.39, 0.29) is 5.75 Å². The van der Waals surface area contributed by atoms with E-state index in [1.165, 1.54) is 6.07 Å². The molecule has 0 radical (unpaired) electrons. The maximum atomic E-state index is 12.4. The quantitative estimate of drug-likeness (QED) is 0.860. The van der Waals surface area contributed by atoms with Crippen molar-refractivity contribution in [2.45, 2.75) is 27.0 Å². The van der Waals surface area contributed by atoms with E-state index < -0.39 is 6.61 Å². The average molecular weight is 346 g/mol. The van der Waals surface area contributed by atoms with E-state index in [9.17, 15) is 8.78 Å². The highest BCUT2D eigenvalue weighted by molar-refractivity contribution is 9.10. The molecule has 0 atom stereocenters. The van der Waals surface area contributed by atoms with Crippen LogP contribution in [0.1, 0.15) is 17.0 Å². The third-order valence-corrected chi connectivity index (χ3v) is 3.32. The lowest BCUT2D eigenvalue weighted by Gasteiger charge is -2.13. The Labute approximate surface area is 123 Å². The maximum Gasteiger partial charge on any atom is 0.387 e. The molecule has 0 aliphatic carbocycles. The van der Waals surface area contributed by atoms with Gasteiger partial charge in [-0.1, -0.05) is 15.9 Å². The lowest BCUT2D eigenvalue weighted by Crippen LogP contribution is -2.07. The summed E-state index contributed by atoms with van der Waals surface area (Å²) in [5, 5.41) is 10.1. The van der Waals surface area contributed by atoms with Crippen LogP contribution in [0.25, 0.3) is 0 Å². The van der Waals surface area contributed by atoms with Gasteiger partial charge in [-0.2, -0.15) is 13.9 Å². The topological polar surface area (TPSA) is 49.9 Å². The first kappa shape index (κ1) is 14.8. The lowest BCUT2D eigenvalue weighted by molar-refractivity contribution is -0.0504. The number of rotatable bonds is 5. The number of alkyl halides is 2. The predicted octanol–water partition coefficient (Wildman–Crippen LogP) is 4.00. The Morgan fingerprint density at radius 2 is 2.15 bits per heavy atom. The third kappa shape index (κ3) is 3.47. The molecule has 1 aromatic carbocycles. The van der Waals surface area contributed by atoms with Gasteiger partial charge in [0.15, 0.2) is 0 Å². The van der Waals surface area contributed by atoms with Crippen molar-refractivity contribution in [1.82, 2.24) is 10.2 Å². The molecule has 2 N–H and O–H groups in total. The summed E-state index contributed by atoms with van der Waals surface area (Å²) in [6.45, 7) is 1.28. The zero-order valence-corrected chi connectivity index (χ0v) is 12.6. The van der Waals surface area contributed by atoms with Gasteiger partial charge in [0, 0.05) is 16.6 Å². The van der Waals surface area contributed by atoms with Gasteiger partial charge in [0.25, 0.3) is 0 Å². The van der Waals surface area contributed by atoms with E-state index in [1.54, 1.807) is 12.1 Å². The van der Waals surface area contributed by atoms with Crippen LogP contribution in [0.3, 0.4) is 0 Å². The summed E-state index contributed by atoms with van der Waals surface area (Å²) in [4.78, 5) is 0. The normalized spacial score (nSPS) is 10.9. The molecule has 1 aromatic heterocycles. The number of benzene rings is 1. The third-order valence-electron chi connectivity index (χ3n) is 2.82. The molecule has 0 fully saturated rings. The van der Waals surface area contributed by atoms with Gasteiger partial charge in [-0.3, -0.25) is 5.10 Å². The molecule has 7 heteroatoms.